The molecule has 1 heterocycles. The first-order valence-corrected chi connectivity index (χ1v) is 10.1. The van der Waals surface area contributed by atoms with Crippen molar-refractivity contribution >= 4 is 65.6 Å². The molecule has 0 N–H and O–H groups in total. The molecule has 0 spiro atoms. The predicted molar refractivity (Wildman–Crippen MR) is 110 cm³/mol. The fourth-order valence-corrected chi connectivity index (χ4v) is 4.25. The van der Waals surface area contributed by atoms with Gasteiger partial charge in [-0.05, 0) is 56.1 Å². The lowest BCUT2D eigenvalue weighted by Crippen LogP contribution is -2.25. The third-order valence-electron chi connectivity index (χ3n) is 3.59. The summed E-state index contributed by atoms with van der Waals surface area (Å²) in [5.41, 5.74) is 1.40. The van der Waals surface area contributed by atoms with Crippen molar-refractivity contribution in [3.05, 3.63) is 60.9 Å². The molecule has 0 saturated heterocycles. The molecule has 140 valence electrons. The van der Waals surface area contributed by atoms with Gasteiger partial charge in [-0.25, -0.2) is 0 Å². The highest BCUT2D eigenvalue weighted by Crippen LogP contribution is 2.37. The number of hydrazone groups is 1. The minimum atomic E-state index is -0.666. The first kappa shape index (κ1) is 20.0. The van der Waals surface area contributed by atoms with Gasteiger partial charge in [-0.15, -0.1) is 5.10 Å². The molecule has 2 aromatic carbocycles. The minimum Gasteiger partial charge on any atom is -0.446 e. The molecular formula is C18H13Br3N2O4. The van der Waals surface area contributed by atoms with Gasteiger partial charge in [0, 0.05) is 29.4 Å². The number of benzene rings is 2. The Morgan fingerprint density at radius 3 is 2.33 bits per heavy atom. The van der Waals surface area contributed by atoms with Crippen molar-refractivity contribution < 1.29 is 19.1 Å². The number of amides is 1. The third kappa shape index (κ3) is 4.41. The third-order valence-corrected chi connectivity index (χ3v) is 5.26. The summed E-state index contributed by atoms with van der Waals surface area (Å²) in [5.74, 6) is -0.0384. The van der Waals surface area contributed by atoms with Crippen LogP contribution in [0.5, 0.6) is 5.75 Å². The first-order chi connectivity index (χ1) is 12.8. The molecule has 0 saturated carbocycles. The smallest absolute Gasteiger partial charge is 0.308 e. The molecule has 0 fully saturated rings. The van der Waals surface area contributed by atoms with Crippen LogP contribution < -0.4 is 4.74 Å². The van der Waals surface area contributed by atoms with Gasteiger partial charge < -0.3 is 9.47 Å². The number of esters is 1. The summed E-state index contributed by atoms with van der Waals surface area (Å²) in [6.45, 7) is 2.75. The largest absolute Gasteiger partial charge is 0.446 e. The van der Waals surface area contributed by atoms with E-state index >= 15 is 0 Å². The predicted octanol–water partition coefficient (Wildman–Crippen LogP) is 5.14. The monoisotopic (exact) mass is 558 g/mol. The van der Waals surface area contributed by atoms with Crippen LogP contribution in [0.1, 0.15) is 31.2 Å². The first-order valence-electron chi connectivity index (χ1n) is 7.74. The van der Waals surface area contributed by atoms with E-state index in [2.05, 4.69) is 52.9 Å². The zero-order valence-electron chi connectivity index (χ0n) is 14.2. The van der Waals surface area contributed by atoms with Crippen molar-refractivity contribution in [2.24, 2.45) is 5.10 Å². The van der Waals surface area contributed by atoms with Crippen LogP contribution >= 0.6 is 47.8 Å². The van der Waals surface area contributed by atoms with E-state index < -0.39 is 12.2 Å². The van der Waals surface area contributed by atoms with E-state index in [1.165, 1.54) is 18.9 Å². The van der Waals surface area contributed by atoms with E-state index in [0.29, 0.717) is 20.3 Å². The number of hydrogen-bond donors (Lipinski definition) is 0. The lowest BCUT2D eigenvalue weighted by molar-refractivity contribution is -0.135. The van der Waals surface area contributed by atoms with Crippen LogP contribution in [0.4, 0.5) is 0 Å². The maximum absolute atomic E-state index is 12.1. The molecule has 2 aromatic rings. The summed E-state index contributed by atoms with van der Waals surface area (Å²) in [4.78, 5) is 23.3. The topological polar surface area (TPSA) is 68.2 Å². The SMILES string of the molecule is CC(=O)Oc1c(Br)cc(C2=NN(C(C)=O)[C@H](c3cccc(Br)c3)O2)cc1Br. The average molecular weight is 561 g/mol. The quantitative estimate of drug-likeness (QED) is 0.385. The van der Waals surface area contributed by atoms with Crippen LogP contribution in [-0.4, -0.2) is 22.8 Å². The van der Waals surface area contributed by atoms with Crippen molar-refractivity contribution in [3.8, 4) is 5.75 Å². The van der Waals surface area contributed by atoms with Gasteiger partial charge in [-0.1, -0.05) is 28.1 Å². The Morgan fingerprint density at radius 1 is 1.11 bits per heavy atom. The van der Waals surface area contributed by atoms with Crippen LogP contribution in [-0.2, 0) is 14.3 Å². The van der Waals surface area contributed by atoms with Crippen LogP contribution in [0.3, 0.4) is 0 Å². The molecule has 0 radical (unpaired) electrons. The molecule has 1 aliphatic rings. The van der Waals surface area contributed by atoms with E-state index in [1.54, 1.807) is 12.1 Å². The van der Waals surface area contributed by atoms with E-state index in [1.807, 2.05) is 24.3 Å². The van der Waals surface area contributed by atoms with E-state index in [0.717, 1.165) is 10.0 Å². The summed E-state index contributed by atoms with van der Waals surface area (Å²) in [6, 6.07) is 10.9. The Labute approximate surface area is 180 Å². The van der Waals surface area contributed by atoms with Gasteiger partial charge in [0.15, 0.2) is 5.75 Å². The summed E-state index contributed by atoms with van der Waals surface area (Å²) < 4.78 is 13.1. The minimum absolute atomic E-state index is 0.246. The van der Waals surface area contributed by atoms with Gasteiger partial charge in [-0.2, -0.15) is 5.01 Å². The Kier molecular flexibility index (Phi) is 6.02. The van der Waals surface area contributed by atoms with E-state index in [4.69, 9.17) is 9.47 Å². The van der Waals surface area contributed by atoms with E-state index in [9.17, 15) is 9.59 Å². The number of carbonyl (C=O) groups excluding carboxylic acids is 2. The van der Waals surface area contributed by atoms with Gasteiger partial charge in [-0.3, -0.25) is 9.59 Å². The molecule has 1 atom stereocenters. The molecule has 27 heavy (non-hydrogen) atoms. The molecule has 9 heteroatoms. The van der Waals surface area contributed by atoms with Crippen LogP contribution in [0.2, 0.25) is 0 Å². The van der Waals surface area contributed by atoms with Crippen molar-refractivity contribution in [1.82, 2.24) is 5.01 Å². The lowest BCUT2D eigenvalue weighted by Gasteiger charge is -2.19. The number of ether oxygens (including phenoxy) is 2. The van der Waals surface area contributed by atoms with Crippen LogP contribution in [0.25, 0.3) is 0 Å². The summed E-state index contributed by atoms with van der Waals surface area (Å²) >= 11 is 10.2. The zero-order chi connectivity index (χ0) is 19.7. The maximum atomic E-state index is 12.1. The Balaban J connectivity index is 1.97. The highest BCUT2D eigenvalue weighted by atomic mass is 79.9. The van der Waals surface area contributed by atoms with E-state index in [-0.39, 0.29) is 11.8 Å². The maximum Gasteiger partial charge on any atom is 0.308 e. The summed E-state index contributed by atoms with van der Waals surface area (Å²) in [6.07, 6.45) is -0.666. The van der Waals surface area contributed by atoms with Gasteiger partial charge in [0.25, 0.3) is 0 Å². The van der Waals surface area contributed by atoms with Gasteiger partial charge in [0.2, 0.25) is 18.0 Å². The number of halogens is 3. The molecule has 3 rings (SSSR count). The highest BCUT2D eigenvalue weighted by Gasteiger charge is 2.33. The van der Waals surface area contributed by atoms with Gasteiger partial charge in [0.1, 0.15) is 0 Å². The molecule has 0 unspecified atom stereocenters. The summed E-state index contributed by atoms with van der Waals surface area (Å²) in [5, 5.41) is 5.62. The average Bonchev–Trinajstić information content (AvgIpc) is 3.03. The highest BCUT2D eigenvalue weighted by molar-refractivity contribution is 9.11. The normalized spacial score (nSPS) is 16.0. The summed E-state index contributed by atoms with van der Waals surface area (Å²) in [7, 11) is 0. The molecule has 6 nitrogen and oxygen atoms in total. The number of nitrogens with zero attached hydrogens (tertiary/aromatic N) is 2. The molecule has 0 aliphatic carbocycles. The Morgan fingerprint density at radius 2 is 1.78 bits per heavy atom. The second-order valence-electron chi connectivity index (χ2n) is 5.66. The number of carbonyl (C=O) groups is 2. The fourth-order valence-electron chi connectivity index (χ4n) is 2.48. The van der Waals surface area contributed by atoms with Crippen LogP contribution in [0, 0.1) is 0 Å². The molecule has 1 amide bonds. The van der Waals surface area contributed by atoms with Crippen molar-refractivity contribution in [2.45, 2.75) is 20.1 Å². The second-order valence-corrected chi connectivity index (χ2v) is 8.28. The van der Waals surface area contributed by atoms with Crippen LogP contribution in [0.15, 0.2) is 54.9 Å². The van der Waals surface area contributed by atoms with Crippen molar-refractivity contribution in [2.75, 3.05) is 0 Å². The lowest BCUT2D eigenvalue weighted by atomic mass is 10.2. The van der Waals surface area contributed by atoms with Gasteiger partial charge in [0.05, 0.1) is 8.95 Å². The Bertz CT molecular complexity index is 938. The Hall–Kier alpha value is -1.71. The second kappa shape index (κ2) is 8.12. The van der Waals surface area contributed by atoms with Gasteiger partial charge >= 0.3 is 5.97 Å². The number of rotatable bonds is 3. The standard InChI is InChI=1S/C18H13Br3N2O4/c1-9(24)23-18(11-4-3-5-13(19)6-11)27-17(22-23)12-7-14(20)16(15(21)8-12)26-10(2)25/h3-8,18H,1-2H3/t18-/m0/s1. The molecule has 1 aliphatic heterocycles. The number of hydrogen-bond acceptors (Lipinski definition) is 5. The molecule has 0 aromatic heterocycles. The molecule has 0 bridgehead atoms. The zero-order valence-corrected chi connectivity index (χ0v) is 19.0. The van der Waals surface area contributed by atoms with Crippen molar-refractivity contribution in [1.29, 1.82) is 0 Å². The van der Waals surface area contributed by atoms with Crippen molar-refractivity contribution in [3.63, 3.8) is 0 Å². The fraction of sp³-hybridized carbons (Fsp3) is 0.167. The molecular weight excluding hydrogens is 548 g/mol.